The van der Waals surface area contributed by atoms with E-state index in [1.54, 1.807) is 24.3 Å². The topological polar surface area (TPSA) is 75.5 Å². The number of pyridine rings is 1. The van der Waals surface area contributed by atoms with Crippen LogP contribution in [-0.4, -0.2) is 27.7 Å². The first-order valence-corrected chi connectivity index (χ1v) is 8.14. The van der Waals surface area contributed by atoms with E-state index in [9.17, 15) is 14.0 Å². The van der Waals surface area contributed by atoms with Crippen molar-refractivity contribution in [1.29, 1.82) is 0 Å². The van der Waals surface area contributed by atoms with Gasteiger partial charge in [0.2, 0.25) is 5.91 Å². The lowest BCUT2D eigenvalue weighted by Crippen LogP contribution is -2.34. The Morgan fingerprint density at radius 3 is 2.58 bits per heavy atom. The van der Waals surface area contributed by atoms with Crippen LogP contribution in [-0.2, 0) is 4.79 Å². The molecule has 0 saturated carbocycles. The van der Waals surface area contributed by atoms with Gasteiger partial charge in [-0.1, -0.05) is 12.1 Å². The zero-order chi connectivity index (χ0) is 18.8. The highest BCUT2D eigenvalue weighted by molar-refractivity contribution is 5.99. The van der Waals surface area contributed by atoms with Gasteiger partial charge in [-0.25, -0.2) is 9.37 Å². The van der Waals surface area contributed by atoms with Gasteiger partial charge in [0.1, 0.15) is 17.2 Å². The Bertz CT molecular complexity index is 1010. The maximum Gasteiger partial charge on any atom is 0.270 e. The third-order valence-corrected chi connectivity index (χ3v) is 3.96. The maximum atomic E-state index is 13.8. The number of halogens is 1. The lowest BCUT2D eigenvalue weighted by atomic mass is 10.2. The maximum absolute atomic E-state index is 13.8. The van der Waals surface area contributed by atoms with Crippen LogP contribution in [0, 0.1) is 26.6 Å². The fourth-order valence-corrected chi connectivity index (χ4v) is 2.70. The highest BCUT2D eigenvalue weighted by Crippen LogP contribution is 2.15. The minimum Gasteiger partial charge on any atom is -0.342 e. The van der Waals surface area contributed by atoms with Gasteiger partial charge in [-0.2, -0.15) is 0 Å². The molecule has 134 valence electrons. The molecule has 1 aromatic carbocycles. The highest BCUT2D eigenvalue weighted by atomic mass is 19.1. The van der Waals surface area contributed by atoms with E-state index in [1.807, 2.05) is 25.3 Å². The quantitative estimate of drug-likeness (QED) is 0.756. The predicted octanol–water partition coefficient (Wildman–Crippen LogP) is 2.77. The molecule has 6 nitrogen and oxygen atoms in total. The van der Waals surface area contributed by atoms with E-state index in [1.165, 1.54) is 12.1 Å². The molecule has 0 radical (unpaired) electrons. The van der Waals surface area contributed by atoms with Crippen LogP contribution in [0.15, 0.2) is 36.5 Å². The zero-order valence-corrected chi connectivity index (χ0v) is 14.8. The van der Waals surface area contributed by atoms with Gasteiger partial charge in [0.15, 0.2) is 0 Å². The van der Waals surface area contributed by atoms with Gasteiger partial charge in [0.25, 0.3) is 5.91 Å². The molecule has 0 aliphatic heterocycles. The van der Waals surface area contributed by atoms with E-state index >= 15 is 0 Å². The van der Waals surface area contributed by atoms with E-state index in [0.717, 1.165) is 11.1 Å². The summed E-state index contributed by atoms with van der Waals surface area (Å²) in [6.45, 7) is 5.14. The van der Waals surface area contributed by atoms with Gasteiger partial charge >= 0.3 is 0 Å². The van der Waals surface area contributed by atoms with Gasteiger partial charge in [-0.3, -0.25) is 14.0 Å². The Kier molecular flexibility index (Phi) is 4.71. The number of carbonyl (C=O) groups excluding carboxylic acids is 2. The average Bonchev–Trinajstić information content (AvgIpc) is 2.90. The molecule has 7 heteroatoms. The Morgan fingerprint density at radius 1 is 1.12 bits per heavy atom. The summed E-state index contributed by atoms with van der Waals surface area (Å²) in [7, 11) is 0. The van der Waals surface area contributed by atoms with Gasteiger partial charge < -0.3 is 10.6 Å². The largest absolute Gasteiger partial charge is 0.342 e. The summed E-state index contributed by atoms with van der Waals surface area (Å²) in [5.41, 5.74) is 3.42. The van der Waals surface area contributed by atoms with Crippen LogP contribution < -0.4 is 10.6 Å². The number of fused-ring (bicyclic) bond motifs is 1. The summed E-state index contributed by atoms with van der Waals surface area (Å²) in [6, 6.07) is 8.25. The van der Waals surface area contributed by atoms with E-state index in [0.29, 0.717) is 17.0 Å². The minimum atomic E-state index is -0.516. The minimum absolute atomic E-state index is 0.0801. The third-order valence-electron chi connectivity index (χ3n) is 3.96. The standard InChI is InChI=1S/C19H19FN4O2/c1-11-4-6-15(14(20)8-11)23-17(25)9-21-19(26)18-13(3)22-16-7-5-12(2)10-24(16)18/h4-8,10H,9H2,1-3H3,(H,21,26)(H,23,25). The Labute approximate surface area is 150 Å². The fourth-order valence-electron chi connectivity index (χ4n) is 2.70. The van der Waals surface area contributed by atoms with Crippen LogP contribution in [0.1, 0.15) is 27.3 Å². The lowest BCUT2D eigenvalue weighted by Gasteiger charge is -2.09. The highest BCUT2D eigenvalue weighted by Gasteiger charge is 2.17. The van der Waals surface area contributed by atoms with Crippen molar-refractivity contribution in [1.82, 2.24) is 14.7 Å². The normalized spacial score (nSPS) is 10.8. The summed E-state index contributed by atoms with van der Waals surface area (Å²) in [4.78, 5) is 28.8. The molecule has 0 fully saturated rings. The number of aromatic nitrogens is 2. The molecule has 0 unspecified atom stereocenters. The summed E-state index contributed by atoms with van der Waals surface area (Å²) >= 11 is 0. The second-order valence-electron chi connectivity index (χ2n) is 6.19. The molecule has 26 heavy (non-hydrogen) atoms. The van der Waals surface area contributed by atoms with Crippen molar-refractivity contribution >= 4 is 23.1 Å². The lowest BCUT2D eigenvalue weighted by molar-refractivity contribution is -0.115. The van der Waals surface area contributed by atoms with E-state index in [4.69, 9.17) is 0 Å². The second-order valence-corrected chi connectivity index (χ2v) is 6.19. The van der Waals surface area contributed by atoms with Crippen molar-refractivity contribution in [3.8, 4) is 0 Å². The molecule has 0 atom stereocenters. The number of benzene rings is 1. The Morgan fingerprint density at radius 2 is 1.85 bits per heavy atom. The SMILES string of the molecule is Cc1ccc(NC(=O)CNC(=O)c2c(C)nc3ccc(C)cn23)c(F)c1. The van der Waals surface area contributed by atoms with E-state index in [-0.39, 0.29) is 12.2 Å². The smallest absolute Gasteiger partial charge is 0.270 e. The average molecular weight is 354 g/mol. The summed E-state index contributed by atoms with van der Waals surface area (Å²) in [5.74, 6) is -1.44. The molecule has 3 aromatic rings. The number of nitrogens with one attached hydrogen (secondary N) is 2. The van der Waals surface area contributed by atoms with E-state index < -0.39 is 17.6 Å². The molecule has 2 N–H and O–H groups in total. The van der Waals surface area contributed by atoms with Crippen molar-refractivity contribution < 1.29 is 14.0 Å². The Hall–Kier alpha value is -3.22. The zero-order valence-electron chi connectivity index (χ0n) is 14.8. The summed E-state index contributed by atoms with van der Waals surface area (Å²) in [6.07, 6.45) is 1.81. The molecule has 3 rings (SSSR count). The molecule has 0 aliphatic carbocycles. The van der Waals surface area contributed by atoms with Crippen LogP contribution in [0.25, 0.3) is 5.65 Å². The monoisotopic (exact) mass is 354 g/mol. The number of imidazole rings is 1. The molecule has 0 aliphatic rings. The van der Waals surface area contributed by atoms with Crippen molar-refractivity contribution in [2.75, 3.05) is 11.9 Å². The summed E-state index contributed by atoms with van der Waals surface area (Å²) in [5, 5.41) is 5.00. The van der Waals surface area contributed by atoms with Crippen molar-refractivity contribution in [2.45, 2.75) is 20.8 Å². The van der Waals surface area contributed by atoms with Crippen molar-refractivity contribution in [3.63, 3.8) is 0 Å². The molecule has 2 heterocycles. The second kappa shape index (κ2) is 6.95. The molecule has 0 bridgehead atoms. The molecule has 2 amide bonds. The number of carbonyl (C=O) groups is 2. The van der Waals surface area contributed by atoms with Crippen LogP contribution in [0.2, 0.25) is 0 Å². The molecule has 0 saturated heterocycles. The van der Waals surface area contributed by atoms with Crippen molar-refractivity contribution in [2.24, 2.45) is 0 Å². The van der Waals surface area contributed by atoms with Crippen LogP contribution >= 0.6 is 0 Å². The van der Waals surface area contributed by atoms with Gasteiger partial charge in [0, 0.05) is 6.20 Å². The number of anilines is 1. The Balaban J connectivity index is 1.70. The van der Waals surface area contributed by atoms with Crippen molar-refractivity contribution in [3.05, 3.63) is 64.9 Å². The van der Waals surface area contributed by atoms with Gasteiger partial charge in [-0.15, -0.1) is 0 Å². The van der Waals surface area contributed by atoms with E-state index in [2.05, 4.69) is 15.6 Å². The molecule has 0 spiro atoms. The van der Waals surface area contributed by atoms with Gasteiger partial charge in [-0.05, 0) is 50.1 Å². The van der Waals surface area contributed by atoms with Crippen LogP contribution in [0.4, 0.5) is 10.1 Å². The number of nitrogens with zero attached hydrogens (tertiary/aromatic N) is 2. The first-order valence-electron chi connectivity index (χ1n) is 8.14. The van der Waals surface area contributed by atoms with Crippen LogP contribution in [0.3, 0.4) is 0 Å². The first-order chi connectivity index (χ1) is 12.3. The van der Waals surface area contributed by atoms with Gasteiger partial charge in [0.05, 0.1) is 17.9 Å². The van der Waals surface area contributed by atoms with Crippen LogP contribution in [0.5, 0.6) is 0 Å². The predicted molar refractivity (Wildman–Crippen MR) is 96.8 cm³/mol. The third kappa shape index (κ3) is 3.56. The molecule has 2 aromatic heterocycles. The first kappa shape index (κ1) is 17.6. The number of amides is 2. The molecular weight excluding hydrogens is 335 g/mol. The molecular formula is C19H19FN4O2. The number of hydrogen-bond acceptors (Lipinski definition) is 3. The number of aryl methyl sites for hydroxylation is 3. The fraction of sp³-hybridized carbons (Fsp3) is 0.211. The number of hydrogen-bond donors (Lipinski definition) is 2. The number of rotatable bonds is 4. The summed E-state index contributed by atoms with van der Waals surface area (Å²) < 4.78 is 15.5.